The fourth-order valence-electron chi connectivity index (χ4n) is 2.27. The molecule has 3 rings (SSSR count). The number of nitrogens with zero attached hydrogens (tertiary/aromatic N) is 4. The van der Waals surface area contributed by atoms with Gasteiger partial charge in [-0.15, -0.1) is 0 Å². The summed E-state index contributed by atoms with van der Waals surface area (Å²) in [5.74, 6) is 0.286. The van der Waals surface area contributed by atoms with E-state index in [1.807, 2.05) is 6.92 Å². The normalized spacial score (nSPS) is 27.0. The van der Waals surface area contributed by atoms with Gasteiger partial charge >= 0.3 is 6.01 Å². The first kappa shape index (κ1) is 12.1. The van der Waals surface area contributed by atoms with Gasteiger partial charge in [0, 0.05) is 6.42 Å². The van der Waals surface area contributed by atoms with Crippen LogP contribution >= 0.6 is 0 Å². The molecular weight excluding hydrogens is 250 g/mol. The predicted octanol–water partition coefficient (Wildman–Crippen LogP) is 0.0854. The molecular formula is C11H15N5O3. The molecule has 3 heterocycles. The summed E-state index contributed by atoms with van der Waals surface area (Å²) < 4.78 is 12.6. The van der Waals surface area contributed by atoms with Crippen molar-refractivity contribution < 1.29 is 14.6 Å². The van der Waals surface area contributed by atoms with Crippen LogP contribution in [0.2, 0.25) is 0 Å². The summed E-state index contributed by atoms with van der Waals surface area (Å²) in [5, 5.41) is 9.80. The Kier molecular flexibility index (Phi) is 2.76. The van der Waals surface area contributed by atoms with E-state index in [1.165, 1.54) is 13.4 Å². The number of aliphatic hydroxyl groups is 1. The van der Waals surface area contributed by atoms with Crippen LogP contribution in [0, 0.1) is 0 Å². The van der Waals surface area contributed by atoms with E-state index in [1.54, 1.807) is 4.57 Å². The van der Waals surface area contributed by atoms with Crippen LogP contribution in [0.25, 0.3) is 11.2 Å². The number of methoxy groups -OCH3 is 1. The topological polar surface area (TPSA) is 108 Å². The summed E-state index contributed by atoms with van der Waals surface area (Å²) in [5.41, 5.74) is 6.78. The standard InChI is InChI=1S/C11H15N5O3/c1-5-6(17)3-7(19-5)16-10-8(15-11(16)18-2)9(12)13-4-14-10/h4-7,17H,3H2,1-2H3,(H2,12,13,14)/t5-,6+,7-/m1/s1. The minimum absolute atomic E-state index is 0.244. The highest BCUT2D eigenvalue weighted by Gasteiger charge is 2.35. The number of rotatable bonds is 2. The smallest absolute Gasteiger partial charge is 0.300 e. The molecule has 1 aliphatic heterocycles. The quantitative estimate of drug-likeness (QED) is 0.791. The third-order valence-corrected chi connectivity index (χ3v) is 3.30. The number of nitrogen functional groups attached to an aromatic ring is 1. The highest BCUT2D eigenvalue weighted by atomic mass is 16.5. The maximum atomic E-state index is 9.80. The van der Waals surface area contributed by atoms with Crippen molar-refractivity contribution in [1.29, 1.82) is 0 Å². The van der Waals surface area contributed by atoms with Gasteiger partial charge in [-0.05, 0) is 6.92 Å². The van der Waals surface area contributed by atoms with Crippen molar-refractivity contribution in [3.8, 4) is 6.01 Å². The van der Waals surface area contributed by atoms with Gasteiger partial charge in [0.1, 0.15) is 12.6 Å². The molecule has 2 aromatic rings. The number of hydrogen-bond donors (Lipinski definition) is 2. The molecule has 8 nitrogen and oxygen atoms in total. The third-order valence-electron chi connectivity index (χ3n) is 3.30. The summed E-state index contributed by atoms with van der Waals surface area (Å²) in [7, 11) is 1.51. The van der Waals surface area contributed by atoms with Crippen molar-refractivity contribution in [2.45, 2.75) is 31.8 Å². The largest absolute Gasteiger partial charge is 0.468 e. The molecule has 0 unspecified atom stereocenters. The third kappa shape index (κ3) is 1.80. The van der Waals surface area contributed by atoms with Gasteiger partial charge in [-0.3, -0.25) is 4.57 Å². The van der Waals surface area contributed by atoms with Crippen molar-refractivity contribution in [1.82, 2.24) is 19.5 Å². The van der Waals surface area contributed by atoms with E-state index in [4.69, 9.17) is 15.2 Å². The van der Waals surface area contributed by atoms with E-state index in [2.05, 4.69) is 15.0 Å². The second-order valence-electron chi connectivity index (χ2n) is 4.50. The molecule has 0 spiro atoms. The van der Waals surface area contributed by atoms with Gasteiger partial charge in [-0.2, -0.15) is 4.98 Å². The number of aromatic nitrogens is 4. The molecule has 2 aromatic heterocycles. The van der Waals surface area contributed by atoms with E-state index < -0.39 is 6.10 Å². The van der Waals surface area contributed by atoms with Crippen molar-refractivity contribution in [3.63, 3.8) is 0 Å². The first-order valence-electron chi connectivity index (χ1n) is 5.97. The second kappa shape index (κ2) is 4.32. The minimum atomic E-state index is -0.522. The molecule has 0 bridgehead atoms. The first-order chi connectivity index (χ1) is 9.11. The lowest BCUT2D eigenvalue weighted by Gasteiger charge is -2.14. The number of ether oxygens (including phenoxy) is 2. The summed E-state index contributed by atoms with van der Waals surface area (Å²) in [6.07, 6.45) is 0.675. The molecule has 0 aromatic carbocycles. The predicted molar refractivity (Wildman–Crippen MR) is 66.5 cm³/mol. The van der Waals surface area contributed by atoms with Crippen molar-refractivity contribution in [2.75, 3.05) is 12.8 Å². The molecule has 19 heavy (non-hydrogen) atoms. The molecule has 3 atom stereocenters. The van der Waals surface area contributed by atoms with Crippen molar-refractivity contribution in [2.24, 2.45) is 0 Å². The Bertz CT molecular complexity index is 604. The first-order valence-corrected chi connectivity index (χ1v) is 5.97. The van der Waals surface area contributed by atoms with Gasteiger partial charge in [0.05, 0.1) is 19.3 Å². The lowest BCUT2D eigenvalue weighted by atomic mass is 10.2. The van der Waals surface area contributed by atoms with E-state index in [9.17, 15) is 5.11 Å². The fraction of sp³-hybridized carbons (Fsp3) is 0.545. The van der Waals surface area contributed by atoms with Crippen LogP contribution in [0.1, 0.15) is 19.6 Å². The lowest BCUT2D eigenvalue weighted by molar-refractivity contribution is -0.00920. The Balaban J connectivity index is 2.14. The van der Waals surface area contributed by atoms with Gasteiger partial charge in [0.2, 0.25) is 0 Å². The zero-order valence-electron chi connectivity index (χ0n) is 10.6. The lowest BCUT2D eigenvalue weighted by Crippen LogP contribution is -2.15. The Hall–Kier alpha value is -1.93. The van der Waals surface area contributed by atoms with Crippen LogP contribution in [0.4, 0.5) is 5.82 Å². The number of imidazole rings is 1. The van der Waals surface area contributed by atoms with E-state index in [0.717, 1.165) is 0 Å². The van der Waals surface area contributed by atoms with Crippen LogP contribution < -0.4 is 10.5 Å². The van der Waals surface area contributed by atoms with Gasteiger partial charge in [0.25, 0.3) is 0 Å². The number of anilines is 1. The highest BCUT2D eigenvalue weighted by molar-refractivity contribution is 5.82. The molecule has 8 heteroatoms. The summed E-state index contributed by atoms with van der Waals surface area (Å²) >= 11 is 0. The molecule has 3 N–H and O–H groups in total. The molecule has 0 amide bonds. The summed E-state index contributed by atoms with van der Waals surface area (Å²) in [6.45, 7) is 1.82. The van der Waals surface area contributed by atoms with E-state index >= 15 is 0 Å². The maximum absolute atomic E-state index is 9.80. The second-order valence-corrected chi connectivity index (χ2v) is 4.50. The SMILES string of the molecule is COc1nc2c(N)ncnc2n1[C@H]1C[C@H](O)[C@@H](C)O1. The Morgan fingerprint density at radius 2 is 2.32 bits per heavy atom. The van der Waals surface area contributed by atoms with Crippen molar-refractivity contribution in [3.05, 3.63) is 6.33 Å². The molecule has 1 aliphatic rings. The number of hydrogen-bond acceptors (Lipinski definition) is 7. The molecule has 0 aliphatic carbocycles. The number of aliphatic hydroxyl groups excluding tert-OH is 1. The number of nitrogens with two attached hydrogens (primary N) is 1. The van der Waals surface area contributed by atoms with Gasteiger partial charge < -0.3 is 20.3 Å². The van der Waals surface area contributed by atoms with Gasteiger partial charge in [0.15, 0.2) is 17.0 Å². The molecule has 0 saturated carbocycles. The van der Waals surface area contributed by atoms with E-state index in [0.29, 0.717) is 23.6 Å². The van der Waals surface area contributed by atoms with Crippen LogP contribution in [0.15, 0.2) is 6.33 Å². The minimum Gasteiger partial charge on any atom is -0.468 e. The highest BCUT2D eigenvalue weighted by Crippen LogP contribution is 2.35. The van der Waals surface area contributed by atoms with Gasteiger partial charge in [-0.1, -0.05) is 0 Å². The molecule has 1 fully saturated rings. The number of fused-ring (bicyclic) bond motifs is 1. The summed E-state index contributed by atoms with van der Waals surface area (Å²) in [4.78, 5) is 12.3. The van der Waals surface area contributed by atoms with Crippen LogP contribution in [-0.4, -0.2) is 43.9 Å². The van der Waals surface area contributed by atoms with E-state index in [-0.39, 0.29) is 18.1 Å². The molecule has 0 radical (unpaired) electrons. The zero-order chi connectivity index (χ0) is 13.6. The Labute approximate surface area is 109 Å². The summed E-state index contributed by atoms with van der Waals surface area (Å²) in [6, 6.07) is 0.341. The maximum Gasteiger partial charge on any atom is 0.300 e. The molecule has 1 saturated heterocycles. The van der Waals surface area contributed by atoms with Crippen LogP contribution in [0.3, 0.4) is 0 Å². The molecule has 102 valence electrons. The van der Waals surface area contributed by atoms with Gasteiger partial charge in [-0.25, -0.2) is 9.97 Å². The average molecular weight is 265 g/mol. The van der Waals surface area contributed by atoms with Crippen LogP contribution in [0.5, 0.6) is 6.01 Å². The Morgan fingerprint density at radius 3 is 2.95 bits per heavy atom. The fourth-order valence-corrected chi connectivity index (χ4v) is 2.27. The average Bonchev–Trinajstić information content (AvgIpc) is 2.91. The van der Waals surface area contributed by atoms with Crippen LogP contribution in [-0.2, 0) is 4.74 Å². The zero-order valence-corrected chi connectivity index (χ0v) is 10.6. The Morgan fingerprint density at radius 1 is 1.53 bits per heavy atom. The van der Waals surface area contributed by atoms with Crippen molar-refractivity contribution >= 4 is 17.0 Å². The monoisotopic (exact) mass is 265 g/mol.